The van der Waals surface area contributed by atoms with E-state index in [0.29, 0.717) is 11.8 Å². The highest BCUT2D eigenvalue weighted by Crippen LogP contribution is 2.42. The van der Waals surface area contributed by atoms with Gasteiger partial charge in [-0.05, 0) is 0 Å². The summed E-state index contributed by atoms with van der Waals surface area (Å²) in [6.45, 7) is 3.52. The molecule has 58 valence electrons. The van der Waals surface area contributed by atoms with E-state index in [1.165, 1.54) is 14.2 Å². The molecular weight excluding hydrogens is 153 g/mol. The van der Waals surface area contributed by atoms with Crippen LogP contribution >= 0.6 is 8.38 Å². The molecule has 0 aliphatic rings. The van der Waals surface area contributed by atoms with Crippen molar-refractivity contribution in [2.45, 2.75) is 0 Å². The van der Waals surface area contributed by atoms with Crippen LogP contribution in [0.1, 0.15) is 0 Å². The van der Waals surface area contributed by atoms with Gasteiger partial charge in [-0.15, -0.1) is 0 Å². The van der Waals surface area contributed by atoms with Crippen LogP contribution in [0.15, 0.2) is 12.0 Å². The van der Waals surface area contributed by atoms with Crippen molar-refractivity contribution >= 4 is 14.8 Å². The fourth-order valence-corrected chi connectivity index (χ4v) is 1.16. The van der Waals surface area contributed by atoms with E-state index in [9.17, 15) is 4.79 Å². The summed E-state index contributed by atoms with van der Waals surface area (Å²) in [4.78, 5) is 9.88. The Morgan fingerprint density at radius 3 is 2.40 bits per heavy atom. The third-order valence-electron chi connectivity index (χ3n) is 0.778. The predicted octanol–water partition coefficient (Wildman–Crippen LogP) is 0.808. The average Bonchev–Trinajstić information content (AvgIpc) is 1.91. The first kappa shape index (κ1) is 9.56. The van der Waals surface area contributed by atoms with Crippen LogP contribution in [0.25, 0.3) is 0 Å². The van der Waals surface area contributed by atoms with Crippen molar-refractivity contribution in [1.82, 2.24) is 5.32 Å². The van der Waals surface area contributed by atoms with Gasteiger partial charge in [-0.2, -0.15) is 0 Å². The first-order valence-corrected chi connectivity index (χ1v) is 3.71. The third kappa shape index (κ3) is 2.92. The fraction of sp³-hybridized carbons (Fsp3) is 0.400. The maximum absolute atomic E-state index is 9.88. The van der Waals surface area contributed by atoms with Gasteiger partial charge in [0.25, 0.3) is 0 Å². The lowest BCUT2D eigenvalue weighted by Gasteiger charge is -2.12. The highest BCUT2D eigenvalue weighted by molar-refractivity contribution is 7.51. The first-order valence-electron chi connectivity index (χ1n) is 2.53. The van der Waals surface area contributed by atoms with Crippen LogP contribution in [-0.2, 0) is 13.8 Å². The molecule has 0 aromatic heterocycles. The zero-order chi connectivity index (χ0) is 7.98. The molecule has 0 rings (SSSR count). The second-order valence-corrected chi connectivity index (χ2v) is 3.12. The molecule has 0 radical (unpaired) electrons. The molecule has 1 amide bonds. The summed E-state index contributed by atoms with van der Waals surface area (Å²) >= 11 is 0. The van der Waals surface area contributed by atoms with E-state index in [2.05, 4.69) is 11.9 Å². The van der Waals surface area contributed by atoms with Gasteiger partial charge in [0.05, 0.1) is 5.44 Å². The molecule has 10 heavy (non-hydrogen) atoms. The normalized spacial score (nSPS) is 9.50. The van der Waals surface area contributed by atoms with Gasteiger partial charge in [0, 0.05) is 14.2 Å². The van der Waals surface area contributed by atoms with E-state index in [4.69, 9.17) is 9.05 Å². The van der Waals surface area contributed by atoms with Gasteiger partial charge >= 0.3 is 0 Å². The van der Waals surface area contributed by atoms with Gasteiger partial charge in [0.15, 0.2) is 0 Å². The zero-order valence-electron chi connectivity index (χ0n) is 5.96. The molecule has 4 nitrogen and oxygen atoms in total. The van der Waals surface area contributed by atoms with Gasteiger partial charge in [-0.3, -0.25) is 4.79 Å². The van der Waals surface area contributed by atoms with Crippen LogP contribution in [0.2, 0.25) is 0 Å². The topological polar surface area (TPSA) is 47.6 Å². The van der Waals surface area contributed by atoms with Gasteiger partial charge in [0.1, 0.15) is 0 Å². The summed E-state index contributed by atoms with van der Waals surface area (Å²) < 4.78 is 9.67. The lowest BCUT2D eigenvalue weighted by Crippen LogP contribution is -2.08. The van der Waals surface area contributed by atoms with Gasteiger partial charge in [0.2, 0.25) is 14.8 Å². The van der Waals surface area contributed by atoms with Crippen LogP contribution in [0.4, 0.5) is 0 Å². The van der Waals surface area contributed by atoms with Crippen molar-refractivity contribution in [3.63, 3.8) is 0 Å². The van der Waals surface area contributed by atoms with Crippen LogP contribution in [-0.4, -0.2) is 20.6 Å². The quantitative estimate of drug-likeness (QED) is 0.481. The number of carbonyl (C=O) groups is 1. The van der Waals surface area contributed by atoms with Crippen molar-refractivity contribution in [2.75, 3.05) is 14.2 Å². The maximum Gasteiger partial charge on any atom is 0.221 e. The minimum atomic E-state index is -1.16. The molecule has 0 aliphatic heterocycles. The summed E-state index contributed by atoms with van der Waals surface area (Å²) in [5, 5.41) is 2.35. The molecule has 0 aliphatic carbocycles. The lowest BCUT2D eigenvalue weighted by atomic mass is 11.0. The summed E-state index contributed by atoms with van der Waals surface area (Å²) in [5.74, 6) is 0. The fourth-order valence-electron chi connectivity index (χ4n) is 0.416. The largest absolute Gasteiger partial charge is 0.333 e. The van der Waals surface area contributed by atoms with Crippen LogP contribution in [0.3, 0.4) is 0 Å². The average molecular weight is 163 g/mol. The molecule has 1 N–H and O–H groups in total. The second kappa shape index (κ2) is 5.35. The Balaban J connectivity index is 3.76. The van der Waals surface area contributed by atoms with Crippen LogP contribution < -0.4 is 5.32 Å². The molecule has 5 heteroatoms. The smallest absolute Gasteiger partial charge is 0.221 e. The van der Waals surface area contributed by atoms with Gasteiger partial charge < -0.3 is 14.4 Å². The number of carbonyl (C=O) groups excluding carboxylic acids is 1. The van der Waals surface area contributed by atoms with E-state index < -0.39 is 8.38 Å². The number of amides is 1. The Morgan fingerprint density at radius 1 is 1.60 bits per heavy atom. The maximum atomic E-state index is 9.88. The number of hydrogen-bond donors (Lipinski definition) is 1. The first-order chi connectivity index (χ1) is 4.76. The lowest BCUT2D eigenvalue weighted by molar-refractivity contribution is -0.108. The molecular formula is C5H10NO3P. The minimum Gasteiger partial charge on any atom is -0.333 e. The summed E-state index contributed by atoms with van der Waals surface area (Å²) in [7, 11) is 1.83. The van der Waals surface area contributed by atoms with Gasteiger partial charge in [-0.25, -0.2) is 0 Å². The standard InChI is InChI=1S/C5H10NO3P/c1-5(6-4-7)10(8-2)9-3/h4H,1H2,2-3H3,(H,6,7). The van der Waals surface area contributed by atoms with E-state index in [-0.39, 0.29) is 0 Å². The molecule has 0 fully saturated rings. The molecule has 0 heterocycles. The van der Waals surface area contributed by atoms with Crippen molar-refractivity contribution in [1.29, 1.82) is 0 Å². The summed E-state index contributed by atoms with van der Waals surface area (Å²) in [6, 6.07) is 0. The molecule has 0 saturated carbocycles. The molecule has 0 aromatic rings. The van der Waals surface area contributed by atoms with E-state index >= 15 is 0 Å². The SMILES string of the molecule is C=C(NC=O)P(OC)OC. The molecule has 0 unspecified atom stereocenters. The Kier molecular flexibility index (Phi) is 5.12. The van der Waals surface area contributed by atoms with Gasteiger partial charge in [-0.1, -0.05) is 6.58 Å². The third-order valence-corrected chi connectivity index (χ3v) is 2.01. The molecule has 0 atom stereocenters. The highest BCUT2D eigenvalue weighted by atomic mass is 31.2. The molecule has 0 bridgehead atoms. The number of nitrogens with one attached hydrogen (secondary N) is 1. The Morgan fingerprint density at radius 2 is 2.10 bits per heavy atom. The summed E-state index contributed by atoms with van der Waals surface area (Å²) in [6.07, 6.45) is 0.537. The Hall–Kier alpha value is -0.440. The Labute approximate surface area is 61.1 Å². The zero-order valence-corrected chi connectivity index (χ0v) is 6.85. The summed E-state index contributed by atoms with van der Waals surface area (Å²) in [5.41, 5.74) is 0.454. The van der Waals surface area contributed by atoms with E-state index in [1.54, 1.807) is 0 Å². The molecule has 0 spiro atoms. The van der Waals surface area contributed by atoms with Crippen LogP contribution in [0.5, 0.6) is 0 Å². The highest BCUT2D eigenvalue weighted by Gasteiger charge is 2.09. The number of rotatable bonds is 5. The Bertz CT molecular complexity index is 124. The minimum absolute atomic E-state index is 0.454. The molecule has 0 aromatic carbocycles. The van der Waals surface area contributed by atoms with Crippen molar-refractivity contribution < 1.29 is 13.8 Å². The van der Waals surface area contributed by atoms with Crippen molar-refractivity contribution in [3.05, 3.63) is 12.0 Å². The predicted molar refractivity (Wildman–Crippen MR) is 39.3 cm³/mol. The monoisotopic (exact) mass is 163 g/mol. The van der Waals surface area contributed by atoms with E-state index in [0.717, 1.165) is 0 Å². The van der Waals surface area contributed by atoms with Crippen molar-refractivity contribution in [2.24, 2.45) is 0 Å². The van der Waals surface area contributed by atoms with Crippen molar-refractivity contribution in [3.8, 4) is 0 Å². The van der Waals surface area contributed by atoms with Crippen LogP contribution in [0, 0.1) is 0 Å². The molecule has 0 saturated heterocycles. The second-order valence-electron chi connectivity index (χ2n) is 1.33. The number of hydrogen-bond acceptors (Lipinski definition) is 3. The van der Waals surface area contributed by atoms with E-state index in [1.807, 2.05) is 0 Å².